The summed E-state index contributed by atoms with van der Waals surface area (Å²) in [5, 5.41) is 13.6. The molecule has 104 valence electrons. The lowest BCUT2D eigenvalue weighted by Gasteiger charge is -2.02. The van der Waals surface area contributed by atoms with E-state index in [1.807, 2.05) is 31.4 Å². The molecule has 2 heterocycles. The molecule has 0 aromatic carbocycles. The first kappa shape index (κ1) is 14.8. The van der Waals surface area contributed by atoms with Crippen LogP contribution in [0.3, 0.4) is 0 Å². The van der Waals surface area contributed by atoms with Gasteiger partial charge in [-0.3, -0.25) is 4.79 Å². The van der Waals surface area contributed by atoms with E-state index in [0.29, 0.717) is 6.54 Å². The second-order valence-electron chi connectivity index (χ2n) is 4.25. The molecule has 3 nitrogen and oxygen atoms in total. The van der Waals surface area contributed by atoms with E-state index < -0.39 is 0 Å². The van der Waals surface area contributed by atoms with Crippen LogP contribution in [-0.4, -0.2) is 17.6 Å². The van der Waals surface area contributed by atoms with Crippen molar-refractivity contribution in [2.24, 2.45) is 0 Å². The quantitative estimate of drug-likeness (QED) is 0.857. The zero-order chi connectivity index (χ0) is 14.5. The van der Waals surface area contributed by atoms with Crippen LogP contribution in [0.2, 0.25) is 0 Å². The lowest BCUT2D eigenvalue weighted by atomic mass is 10.2. The predicted octanol–water partition coefficient (Wildman–Crippen LogP) is 2.70. The Morgan fingerprint density at radius 1 is 1.45 bits per heavy atom. The number of aliphatic hydroxyl groups excluding tert-OH is 1. The summed E-state index contributed by atoms with van der Waals surface area (Å²) in [6, 6.07) is 3.81. The van der Waals surface area contributed by atoms with E-state index in [0.717, 1.165) is 20.9 Å². The molecule has 0 atom stereocenters. The third kappa shape index (κ3) is 3.48. The summed E-state index contributed by atoms with van der Waals surface area (Å²) in [6.07, 6.45) is 0. The molecule has 0 aliphatic heterocycles. The molecule has 1 amide bonds. The van der Waals surface area contributed by atoms with Crippen molar-refractivity contribution in [3.63, 3.8) is 0 Å². The fraction of sp³-hybridized carbons (Fsp3) is 0.267. The van der Waals surface area contributed by atoms with E-state index in [9.17, 15) is 4.79 Å². The van der Waals surface area contributed by atoms with Crippen LogP contribution in [0, 0.1) is 25.7 Å². The van der Waals surface area contributed by atoms with Crippen molar-refractivity contribution in [3.05, 3.63) is 43.3 Å². The molecular weight excluding hydrogens is 290 g/mol. The van der Waals surface area contributed by atoms with Crippen LogP contribution in [0.15, 0.2) is 17.5 Å². The molecule has 2 N–H and O–H groups in total. The number of hydrogen-bond acceptors (Lipinski definition) is 4. The highest BCUT2D eigenvalue weighted by atomic mass is 32.1. The average Bonchev–Trinajstić information content (AvgIpc) is 3.01. The van der Waals surface area contributed by atoms with Crippen LogP contribution in [0.25, 0.3) is 0 Å². The summed E-state index contributed by atoms with van der Waals surface area (Å²) in [7, 11) is 0. The molecule has 0 aliphatic carbocycles. The molecule has 2 aromatic heterocycles. The molecule has 20 heavy (non-hydrogen) atoms. The Hall–Kier alpha value is -1.61. The number of carbonyl (C=O) groups excluding carboxylic acids is 1. The van der Waals surface area contributed by atoms with Gasteiger partial charge in [0.05, 0.1) is 11.4 Å². The highest BCUT2D eigenvalue weighted by Gasteiger charge is 2.11. The molecular formula is C15H15NO2S2. The second-order valence-corrected chi connectivity index (χ2v) is 6.51. The lowest BCUT2D eigenvalue weighted by Crippen LogP contribution is -2.21. The molecule has 5 heteroatoms. The largest absolute Gasteiger partial charge is 0.384 e. The van der Waals surface area contributed by atoms with Crippen LogP contribution in [-0.2, 0) is 6.54 Å². The molecule has 2 aromatic rings. The van der Waals surface area contributed by atoms with Gasteiger partial charge in [0.1, 0.15) is 6.61 Å². The van der Waals surface area contributed by atoms with Crippen LogP contribution < -0.4 is 5.32 Å². The summed E-state index contributed by atoms with van der Waals surface area (Å²) in [5.74, 6) is 5.45. The van der Waals surface area contributed by atoms with E-state index >= 15 is 0 Å². The fourth-order valence-electron chi connectivity index (χ4n) is 1.66. The van der Waals surface area contributed by atoms with Crippen molar-refractivity contribution in [2.75, 3.05) is 6.61 Å². The summed E-state index contributed by atoms with van der Waals surface area (Å²) >= 11 is 3.06. The zero-order valence-electron chi connectivity index (χ0n) is 11.3. The molecule has 0 saturated carbocycles. The van der Waals surface area contributed by atoms with Gasteiger partial charge < -0.3 is 10.4 Å². The zero-order valence-corrected chi connectivity index (χ0v) is 13.0. The van der Waals surface area contributed by atoms with Gasteiger partial charge in [-0.05, 0) is 36.9 Å². The molecule has 0 bridgehead atoms. The normalized spacial score (nSPS) is 9.95. The number of hydrogen-bond donors (Lipinski definition) is 2. The van der Waals surface area contributed by atoms with Crippen molar-refractivity contribution in [1.29, 1.82) is 0 Å². The Morgan fingerprint density at radius 3 is 2.90 bits per heavy atom. The maximum atomic E-state index is 12.1. The summed E-state index contributed by atoms with van der Waals surface area (Å²) in [4.78, 5) is 15.0. The second kappa shape index (κ2) is 6.71. The Balaban J connectivity index is 2.02. The lowest BCUT2D eigenvalue weighted by molar-refractivity contribution is 0.0955. The fourth-order valence-corrected chi connectivity index (χ4v) is 3.38. The molecule has 0 radical (unpaired) electrons. The Morgan fingerprint density at radius 2 is 2.25 bits per heavy atom. The van der Waals surface area contributed by atoms with Gasteiger partial charge >= 0.3 is 0 Å². The molecule has 0 saturated heterocycles. The average molecular weight is 305 g/mol. The molecule has 0 spiro atoms. The maximum Gasteiger partial charge on any atom is 0.261 e. The van der Waals surface area contributed by atoms with E-state index in [-0.39, 0.29) is 12.5 Å². The SMILES string of the molecule is Cc1cc(C(=O)NCc2sccc2C#CCO)sc1C. The first-order valence-electron chi connectivity index (χ1n) is 6.13. The molecule has 0 fully saturated rings. The minimum absolute atomic E-state index is 0.0549. The summed E-state index contributed by atoms with van der Waals surface area (Å²) in [6.45, 7) is 4.32. The van der Waals surface area contributed by atoms with Gasteiger partial charge in [-0.1, -0.05) is 11.8 Å². The van der Waals surface area contributed by atoms with Gasteiger partial charge in [0.25, 0.3) is 5.91 Å². The minimum atomic E-state index is -0.157. The van der Waals surface area contributed by atoms with Crippen molar-refractivity contribution < 1.29 is 9.90 Å². The maximum absolute atomic E-state index is 12.1. The predicted molar refractivity (Wildman–Crippen MR) is 83.2 cm³/mol. The number of nitrogens with one attached hydrogen (secondary N) is 1. The Labute approximate surface area is 126 Å². The van der Waals surface area contributed by atoms with Crippen LogP contribution in [0.1, 0.15) is 30.6 Å². The van der Waals surface area contributed by atoms with Crippen LogP contribution in [0.5, 0.6) is 0 Å². The van der Waals surface area contributed by atoms with Crippen molar-refractivity contribution >= 4 is 28.6 Å². The third-order valence-electron chi connectivity index (χ3n) is 2.85. The van der Waals surface area contributed by atoms with Gasteiger partial charge in [-0.2, -0.15) is 0 Å². The Bertz CT molecular complexity index is 654. The monoisotopic (exact) mass is 305 g/mol. The van der Waals surface area contributed by atoms with Gasteiger partial charge in [0.2, 0.25) is 0 Å². The van der Waals surface area contributed by atoms with E-state index in [1.54, 1.807) is 11.3 Å². The van der Waals surface area contributed by atoms with E-state index in [4.69, 9.17) is 5.11 Å². The highest BCUT2D eigenvalue weighted by molar-refractivity contribution is 7.14. The highest BCUT2D eigenvalue weighted by Crippen LogP contribution is 2.21. The van der Waals surface area contributed by atoms with E-state index in [2.05, 4.69) is 17.2 Å². The van der Waals surface area contributed by atoms with E-state index in [1.165, 1.54) is 16.2 Å². The van der Waals surface area contributed by atoms with Crippen molar-refractivity contribution in [3.8, 4) is 11.8 Å². The number of rotatable bonds is 3. The first-order chi connectivity index (χ1) is 9.61. The summed E-state index contributed by atoms with van der Waals surface area (Å²) < 4.78 is 0. The Kier molecular flexibility index (Phi) is 4.96. The topological polar surface area (TPSA) is 49.3 Å². The summed E-state index contributed by atoms with van der Waals surface area (Å²) in [5.41, 5.74) is 2.01. The van der Waals surface area contributed by atoms with Gasteiger partial charge in [0, 0.05) is 15.3 Å². The molecule has 2 rings (SSSR count). The van der Waals surface area contributed by atoms with Gasteiger partial charge in [0.15, 0.2) is 0 Å². The van der Waals surface area contributed by atoms with Crippen molar-refractivity contribution in [1.82, 2.24) is 5.32 Å². The van der Waals surface area contributed by atoms with Crippen molar-refractivity contribution in [2.45, 2.75) is 20.4 Å². The van der Waals surface area contributed by atoms with Crippen LogP contribution >= 0.6 is 22.7 Å². The number of carbonyl (C=O) groups is 1. The smallest absolute Gasteiger partial charge is 0.261 e. The molecule has 0 aliphatic rings. The van der Waals surface area contributed by atoms with Gasteiger partial charge in [-0.15, -0.1) is 22.7 Å². The number of aryl methyl sites for hydroxylation is 2. The third-order valence-corrected chi connectivity index (χ3v) is 4.92. The standard InChI is InChI=1S/C15H15NO2S2/c1-10-8-13(20-11(10)2)15(18)16-9-14-12(4-3-6-17)5-7-19-14/h5,7-8,17H,6,9H2,1-2H3,(H,16,18). The number of amides is 1. The van der Waals surface area contributed by atoms with Gasteiger partial charge in [-0.25, -0.2) is 0 Å². The molecule has 0 unspecified atom stereocenters. The minimum Gasteiger partial charge on any atom is -0.384 e. The van der Waals surface area contributed by atoms with Crippen LogP contribution in [0.4, 0.5) is 0 Å². The first-order valence-corrected chi connectivity index (χ1v) is 7.82. The number of aliphatic hydroxyl groups is 1. The number of thiophene rings is 2.